The molecule has 3 aromatic rings. The van der Waals surface area contributed by atoms with Crippen molar-refractivity contribution in [3.63, 3.8) is 0 Å². The van der Waals surface area contributed by atoms with Crippen LogP contribution in [0.4, 0.5) is 4.39 Å². The van der Waals surface area contributed by atoms with Crippen LogP contribution in [0.2, 0.25) is 5.02 Å². The molecule has 1 heterocycles. The van der Waals surface area contributed by atoms with E-state index in [1.54, 1.807) is 37.3 Å². The number of benzene rings is 2. The van der Waals surface area contributed by atoms with Crippen LogP contribution in [0.25, 0.3) is 0 Å². The molecule has 3 rings (SSSR count). The number of hydrogen-bond acceptors (Lipinski definition) is 7. The lowest BCUT2D eigenvalue weighted by Crippen LogP contribution is -2.08. The van der Waals surface area contributed by atoms with Crippen LogP contribution in [0.15, 0.2) is 72.0 Å². The van der Waals surface area contributed by atoms with Crippen molar-refractivity contribution < 1.29 is 22.3 Å². The number of carbonyl (C=O) groups excluding carboxylic acids is 1. The SMILES string of the molecule is CN(C)/C=C\C(=O)c1nccnc1Oc1ccc(CS(=O)(=O)c2ccccc2Cl)c(F)c1. The first kappa shape index (κ1) is 23.4. The number of sulfone groups is 1. The average molecular weight is 476 g/mol. The van der Waals surface area contributed by atoms with Gasteiger partial charge in [0.2, 0.25) is 11.7 Å². The van der Waals surface area contributed by atoms with E-state index in [9.17, 15) is 17.6 Å². The zero-order chi connectivity index (χ0) is 23.3. The third-order valence-electron chi connectivity index (χ3n) is 4.18. The largest absolute Gasteiger partial charge is 0.437 e. The maximum atomic E-state index is 14.7. The molecule has 0 aliphatic heterocycles. The molecule has 0 unspecified atom stereocenters. The van der Waals surface area contributed by atoms with Gasteiger partial charge in [-0.15, -0.1) is 0 Å². The molecular weight excluding hydrogens is 457 g/mol. The molecule has 2 aromatic carbocycles. The summed E-state index contributed by atoms with van der Waals surface area (Å²) in [6.45, 7) is 0. The summed E-state index contributed by atoms with van der Waals surface area (Å²) in [6, 6.07) is 9.67. The number of hydrogen-bond donors (Lipinski definition) is 0. The molecular formula is C22H19ClFN3O4S. The second kappa shape index (κ2) is 9.88. The maximum Gasteiger partial charge on any atom is 0.249 e. The molecule has 0 fully saturated rings. The Hall–Kier alpha value is -3.30. The van der Waals surface area contributed by atoms with Gasteiger partial charge >= 0.3 is 0 Å². The van der Waals surface area contributed by atoms with E-state index in [-0.39, 0.29) is 32.8 Å². The molecule has 0 atom stereocenters. The molecule has 0 aliphatic carbocycles. The van der Waals surface area contributed by atoms with Gasteiger partial charge in [0, 0.05) is 50.4 Å². The molecule has 1 aromatic heterocycles. The van der Waals surface area contributed by atoms with Gasteiger partial charge in [0.25, 0.3) is 0 Å². The van der Waals surface area contributed by atoms with Gasteiger partial charge in [0.05, 0.1) is 15.7 Å². The average Bonchev–Trinajstić information content (AvgIpc) is 2.74. The van der Waals surface area contributed by atoms with Gasteiger partial charge < -0.3 is 9.64 Å². The number of rotatable bonds is 8. The van der Waals surface area contributed by atoms with E-state index >= 15 is 0 Å². The second-order valence-corrected chi connectivity index (χ2v) is 9.26. The van der Waals surface area contributed by atoms with E-state index in [0.29, 0.717) is 0 Å². The van der Waals surface area contributed by atoms with Crippen LogP contribution in [0.3, 0.4) is 0 Å². The summed E-state index contributed by atoms with van der Waals surface area (Å²) in [4.78, 5) is 21.9. The second-order valence-electron chi connectivity index (χ2n) is 6.90. The number of ketones is 1. The highest BCUT2D eigenvalue weighted by atomic mass is 35.5. The van der Waals surface area contributed by atoms with Crippen molar-refractivity contribution in [2.75, 3.05) is 14.1 Å². The van der Waals surface area contributed by atoms with Gasteiger partial charge in [0.15, 0.2) is 15.5 Å². The van der Waals surface area contributed by atoms with E-state index in [1.165, 1.54) is 42.7 Å². The van der Waals surface area contributed by atoms with Gasteiger partial charge in [-0.3, -0.25) is 4.79 Å². The minimum absolute atomic E-state index is 0.0348. The molecule has 0 aliphatic rings. The normalized spacial score (nSPS) is 11.5. The predicted octanol–water partition coefficient (Wildman–Crippen LogP) is 4.29. The lowest BCUT2D eigenvalue weighted by Gasteiger charge is -2.10. The topological polar surface area (TPSA) is 89.5 Å². The van der Waals surface area contributed by atoms with Crippen LogP contribution >= 0.6 is 11.6 Å². The molecule has 7 nitrogen and oxygen atoms in total. The summed E-state index contributed by atoms with van der Waals surface area (Å²) in [5.74, 6) is -1.87. The van der Waals surface area contributed by atoms with Crippen LogP contribution in [-0.4, -0.2) is 43.2 Å². The molecule has 166 valence electrons. The highest BCUT2D eigenvalue weighted by Gasteiger charge is 2.21. The van der Waals surface area contributed by atoms with Gasteiger partial charge in [-0.1, -0.05) is 29.8 Å². The molecule has 0 spiro atoms. The van der Waals surface area contributed by atoms with E-state index < -0.39 is 27.2 Å². The van der Waals surface area contributed by atoms with Crippen LogP contribution in [0, 0.1) is 5.82 Å². The van der Waals surface area contributed by atoms with Crippen molar-refractivity contribution in [3.05, 3.63) is 89.2 Å². The smallest absolute Gasteiger partial charge is 0.249 e. The minimum atomic E-state index is -3.86. The maximum absolute atomic E-state index is 14.7. The van der Waals surface area contributed by atoms with Crippen LogP contribution in [-0.2, 0) is 15.6 Å². The molecule has 10 heteroatoms. The van der Waals surface area contributed by atoms with Crippen molar-refractivity contribution in [2.24, 2.45) is 0 Å². The van der Waals surface area contributed by atoms with Gasteiger partial charge in [-0.05, 0) is 18.2 Å². The summed E-state index contributed by atoms with van der Waals surface area (Å²) in [5, 5.41) is 0.0658. The Labute approximate surface area is 190 Å². The van der Waals surface area contributed by atoms with Crippen molar-refractivity contribution >= 4 is 27.2 Å². The summed E-state index contributed by atoms with van der Waals surface area (Å²) in [6.07, 6.45) is 5.53. The standard InChI is InChI=1S/C22H19ClFN3O4S/c1-27(2)12-9-19(28)21-22(26-11-10-25-21)31-16-8-7-15(18(24)13-16)14-32(29,30)20-6-4-3-5-17(20)23/h3-13H,14H2,1-2H3/b12-9-. The van der Waals surface area contributed by atoms with E-state index in [0.717, 1.165) is 6.07 Å². The first-order valence-electron chi connectivity index (χ1n) is 9.31. The molecule has 32 heavy (non-hydrogen) atoms. The summed E-state index contributed by atoms with van der Waals surface area (Å²) in [7, 11) is -0.345. The molecule has 0 amide bonds. The van der Waals surface area contributed by atoms with Gasteiger partial charge in [0.1, 0.15) is 11.6 Å². The Morgan fingerprint density at radius 3 is 2.56 bits per heavy atom. The van der Waals surface area contributed by atoms with Crippen molar-refractivity contribution in [1.29, 1.82) is 0 Å². The number of aromatic nitrogens is 2. The number of halogens is 2. The molecule has 0 N–H and O–H groups in total. The molecule has 0 saturated heterocycles. The lowest BCUT2D eigenvalue weighted by atomic mass is 10.2. The summed E-state index contributed by atoms with van der Waals surface area (Å²) < 4.78 is 45.5. The van der Waals surface area contributed by atoms with Gasteiger partial charge in [-0.25, -0.2) is 22.8 Å². The fourth-order valence-corrected chi connectivity index (χ4v) is 4.60. The van der Waals surface area contributed by atoms with Crippen molar-refractivity contribution in [2.45, 2.75) is 10.6 Å². The third-order valence-corrected chi connectivity index (χ3v) is 6.34. The Bertz CT molecular complexity index is 1280. The zero-order valence-electron chi connectivity index (χ0n) is 17.2. The fraction of sp³-hybridized carbons (Fsp3) is 0.136. The quantitative estimate of drug-likeness (QED) is 0.354. The first-order chi connectivity index (χ1) is 15.2. The first-order valence-corrected chi connectivity index (χ1v) is 11.3. The van der Waals surface area contributed by atoms with E-state index in [2.05, 4.69) is 9.97 Å². The monoisotopic (exact) mass is 475 g/mol. The number of ether oxygens (including phenoxy) is 1. The van der Waals surface area contributed by atoms with Gasteiger partial charge in [-0.2, -0.15) is 0 Å². The minimum Gasteiger partial charge on any atom is -0.437 e. The predicted molar refractivity (Wildman–Crippen MR) is 118 cm³/mol. The van der Waals surface area contributed by atoms with Crippen LogP contribution in [0.5, 0.6) is 11.6 Å². The Morgan fingerprint density at radius 2 is 1.88 bits per heavy atom. The third kappa shape index (κ3) is 5.68. The highest BCUT2D eigenvalue weighted by molar-refractivity contribution is 7.90. The zero-order valence-corrected chi connectivity index (χ0v) is 18.8. The van der Waals surface area contributed by atoms with Crippen molar-refractivity contribution in [3.8, 4) is 11.6 Å². The number of carbonyl (C=O) groups is 1. The molecule has 0 saturated carbocycles. The van der Waals surface area contributed by atoms with E-state index in [1.807, 2.05) is 0 Å². The number of allylic oxidation sites excluding steroid dienone is 1. The van der Waals surface area contributed by atoms with Crippen LogP contribution in [0.1, 0.15) is 16.1 Å². The Kier molecular flexibility index (Phi) is 7.22. The van der Waals surface area contributed by atoms with Crippen LogP contribution < -0.4 is 4.74 Å². The Morgan fingerprint density at radius 1 is 1.16 bits per heavy atom. The summed E-state index contributed by atoms with van der Waals surface area (Å²) >= 11 is 5.97. The Balaban J connectivity index is 1.83. The number of nitrogens with zero attached hydrogens (tertiary/aromatic N) is 3. The van der Waals surface area contributed by atoms with Crippen molar-refractivity contribution in [1.82, 2.24) is 14.9 Å². The lowest BCUT2D eigenvalue weighted by molar-refractivity contribution is 0.103. The van der Waals surface area contributed by atoms with E-state index in [4.69, 9.17) is 16.3 Å². The molecule has 0 bridgehead atoms. The summed E-state index contributed by atoms with van der Waals surface area (Å²) in [5.41, 5.74) is -0.0991. The molecule has 0 radical (unpaired) electrons. The fourth-order valence-electron chi connectivity index (χ4n) is 2.66. The highest BCUT2D eigenvalue weighted by Crippen LogP contribution is 2.28.